The van der Waals surface area contributed by atoms with E-state index in [4.69, 9.17) is 4.74 Å². The molecule has 0 bridgehead atoms. The van der Waals surface area contributed by atoms with Gasteiger partial charge in [-0.15, -0.1) is 0 Å². The lowest BCUT2D eigenvalue weighted by Crippen LogP contribution is -2.24. The van der Waals surface area contributed by atoms with Gasteiger partial charge < -0.3 is 4.74 Å². The highest BCUT2D eigenvalue weighted by molar-refractivity contribution is 5.32. The van der Waals surface area contributed by atoms with Crippen LogP contribution in [0.15, 0.2) is 72.3 Å². The molecule has 31 heavy (non-hydrogen) atoms. The van der Waals surface area contributed by atoms with E-state index in [0.717, 1.165) is 57.5 Å². The number of nitrogens with zero attached hydrogens (tertiary/aromatic N) is 2. The van der Waals surface area contributed by atoms with Gasteiger partial charge in [0.25, 0.3) is 0 Å². The van der Waals surface area contributed by atoms with E-state index in [2.05, 4.69) is 46.8 Å². The van der Waals surface area contributed by atoms with Crippen LogP contribution < -0.4 is 0 Å². The van der Waals surface area contributed by atoms with Crippen molar-refractivity contribution in [1.82, 2.24) is 9.88 Å². The lowest BCUT2D eigenvalue weighted by molar-refractivity contribution is 0.117. The first-order valence-electron chi connectivity index (χ1n) is 11.8. The standard InChI is InChI=1S/C27H37FN2O/c1-23(8-3-2-4-9-25-11-6-17-29-21-25)20-24-10-5-12-26(14-13-24)31-27-15-19-30(22-27)18-7-16-28/h5-6,10-11,13-14,17,21,27H,1-4,7-9,12,15-16,18-20,22H2/t27-/m0/s1. The second-order valence-electron chi connectivity index (χ2n) is 8.70. The summed E-state index contributed by atoms with van der Waals surface area (Å²) in [6.07, 6.45) is 22.0. The smallest absolute Gasteiger partial charge is 0.112 e. The Bertz CT molecular complexity index is 769. The minimum Gasteiger partial charge on any atom is -0.493 e. The summed E-state index contributed by atoms with van der Waals surface area (Å²) in [6, 6.07) is 4.16. The summed E-state index contributed by atoms with van der Waals surface area (Å²) in [5, 5.41) is 0. The number of pyridine rings is 1. The summed E-state index contributed by atoms with van der Waals surface area (Å²) < 4.78 is 18.6. The van der Waals surface area contributed by atoms with Crippen LogP contribution in [0.25, 0.3) is 0 Å². The molecule has 168 valence electrons. The quantitative estimate of drug-likeness (QED) is 0.272. The normalized spacial score (nSPS) is 19.1. The Morgan fingerprint density at radius 3 is 3.00 bits per heavy atom. The number of hydrogen-bond donors (Lipinski definition) is 0. The predicted molar refractivity (Wildman–Crippen MR) is 127 cm³/mol. The third-order valence-corrected chi connectivity index (χ3v) is 5.96. The molecular formula is C27H37FN2O. The van der Waals surface area contributed by atoms with Crippen molar-refractivity contribution >= 4 is 0 Å². The molecule has 2 aliphatic rings. The topological polar surface area (TPSA) is 25.4 Å². The highest BCUT2D eigenvalue weighted by Crippen LogP contribution is 2.23. The molecule has 0 aromatic carbocycles. The molecule has 0 spiro atoms. The van der Waals surface area contributed by atoms with Crippen LogP contribution in [0.1, 0.15) is 56.9 Å². The molecule has 1 atom stereocenters. The third-order valence-electron chi connectivity index (χ3n) is 5.96. The number of rotatable bonds is 13. The molecule has 0 radical (unpaired) electrons. The van der Waals surface area contributed by atoms with Gasteiger partial charge in [0, 0.05) is 38.4 Å². The molecule has 1 saturated heterocycles. The van der Waals surface area contributed by atoms with Crippen LogP contribution in [-0.2, 0) is 11.2 Å². The fraction of sp³-hybridized carbons (Fsp3) is 0.519. The van der Waals surface area contributed by atoms with Gasteiger partial charge in [-0.1, -0.05) is 42.9 Å². The molecule has 4 heteroatoms. The predicted octanol–water partition coefficient (Wildman–Crippen LogP) is 6.35. The Labute approximate surface area is 187 Å². The largest absolute Gasteiger partial charge is 0.493 e. The Kier molecular flexibility index (Phi) is 10.0. The first-order valence-corrected chi connectivity index (χ1v) is 11.8. The molecule has 1 aliphatic heterocycles. The van der Waals surface area contributed by atoms with Crippen LogP contribution in [0.4, 0.5) is 4.39 Å². The maximum Gasteiger partial charge on any atom is 0.112 e. The Hall–Kier alpha value is -2.20. The fourth-order valence-corrected chi connectivity index (χ4v) is 4.25. The summed E-state index contributed by atoms with van der Waals surface area (Å²) in [6.45, 7) is 6.83. The number of aryl methyl sites for hydroxylation is 1. The molecule has 1 aliphatic carbocycles. The van der Waals surface area contributed by atoms with Gasteiger partial charge in [-0.05, 0) is 68.2 Å². The summed E-state index contributed by atoms with van der Waals surface area (Å²) in [5.74, 6) is 1.03. The minimum atomic E-state index is -0.234. The van der Waals surface area contributed by atoms with Gasteiger partial charge in [-0.3, -0.25) is 14.3 Å². The molecule has 0 unspecified atom stereocenters. The van der Waals surface area contributed by atoms with Crippen molar-refractivity contribution in [1.29, 1.82) is 0 Å². The van der Waals surface area contributed by atoms with Gasteiger partial charge in [0.2, 0.25) is 0 Å². The SMILES string of the molecule is C=C(CCCCCc1cccnc1)CC1=CC=C(O[C@H]2CCN(CCCF)C2)CC=C1. The van der Waals surface area contributed by atoms with Crippen molar-refractivity contribution in [2.45, 2.75) is 63.9 Å². The molecule has 1 aromatic rings. The van der Waals surface area contributed by atoms with E-state index < -0.39 is 0 Å². The van der Waals surface area contributed by atoms with E-state index in [0.29, 0.717) is 6.42 Å². The van der Waals surface area contributed by atoms with Gasteiger partial charge in [0.05, 0.1) is 6.67 Å². The summed E-state index contributed by atoms with van der Waals surface area (Å²) in [4.78, 5) is 6.48. The molecule has 0 amide bonds. The number of halogens is 1. The van der Waals surface area contributed by atoms with Crippen LogP contribution >= 0.6 is 0 Å². The molecule has 0 saturated carbocycles. The number of hydrogen-bond acceptors (Lipinski definition) is 3. The molecule has 2 heterocycles. The van der Waals surface area contributed by atoms with Crippen molar-refractivity contribution in [3.63, 3.8) is 0 Å². The number of likely N-dealkylation sites (tertiary alicyclic amines) is 1. The zero-order valence-corrected chi connectivity index (χ0v) is 18.8. The van der Waals surface area contributed by atoms with Crippen molar-refractivity contribution in [2.24, 2.45) is 0 Å². The third kappa shape index (κ3) is 8.82. The zero-order chi connectivity index (χ0) is 21.7. The Balaban J connectivity index is 1.34. The summed E-state index contributed by atoms with van der Waals surface area (Å²) in [7, 11) is 0. The average molecular weight is 425 g/mol. The van der Waals surface area contributed by atoms with Gasteiger partial charge in [0.1, 0.15) is 11.9 Å². The number of unbranched alkanes of at least 4 members (excludes halogenated alkanes) is 2. The van der Waals surface area contributed by atoms with Crippen molar-refractivity contribution in [2.75, 3.05) is 26.3 Å². The minimum absolute atomic E-state index is 0.232. The second-order valence-corrected chi connectivity index (χ2v) is 8.70. The van der Waals surface area contributed by atoms with E-state index in [9.17, 15) is 4.39 Å². The number of allylic oxidation sites excluding steroid dienone is 6. The zero-order valence-electron chi connectivity index (χ0n) is 18.8. The Morgan fingerprint density at radius 1 is 1.23 bits per heavy atom. The number of alkyl halides is 1. The molecule has 1 fully saturated rings. The van der Waals surface area contributed by atoms with E-state index in [-0.39, 0.29) is 12.8 Å². The molecule has 1 aromatic heterocycles. The molecule has 3 nitrogen and oxygen atoms in total. The van der Waals surface area contributed by atoms with E-state index in [1.54, 1.807) is 0 Å². The van der Waals surface area contributed by atoms with E-state index in [1.807, 2.05) is 18.5 Å². The van der Waals surface area contributed by atoms with Crippen LogP contribution in [-0.4, -0.2) is 42.3 Å². The average Bonchev–Trinajstić information content (AvgIpc) is 3.11. The van der Waals surface area contributed by atoms with Crippen LogP contribution in [0.2, 0.25) is 0 Å². The monoisotopic (exact) mass is 424 g/mol. The fourth-order valence-electron chi connectivity index (χ4n) is 4.25. The molecular weight excluding hydrogens is 387 g/mol. The highest BCUT2D eigenvalue weighted by Gasteiger charge is 2.23. The van der Waals surface area contributed by atoms with Gasteiger partial charge in [-0.2, -0.15) is 0 Å². The summed E-state index contributed by atoms with van der Waals surface area (Å²) in [5.41, 5.74) is 3.93. The maximum atomic E-state index is 12.4. The Morgan fingerprint density at radius 2 is 2.16 bits per heavy atom. The lowest BCUT2D eigenvalue weighted by Gasteiger charge is -2.17. The van der Waals surface area contributed by atoms with Gasteiger partial charge in [-0.25, -0.2) is 0 Å². The van der Waals surface area contributed by atoms with E-state index in [1.165, 1.54) is 36.0 Å². The lowest BCUT2D eigenvalue weighted by atomic mass is 10.00. The first-order chi connectivity index (χ1) is 15.2. The van der Waals surface area contributed by atoms with Crippen molar-refractivity contribution in [3.8, 4) is 0 Å². The number of ether oxygens (including phenoxy) is 1. The van der Waals surface area contributed by atoms with Gasteiger partial charge in [0.15, 0.2) is 0 Å². The summed E-state index contributed by atoms with van der Waals surface area (Å²) >= 11 is 0. The van der Waals surface area contributed by atoms with Gasteiger partial charge >= 0.3 is 0 Å². The van der Waals surface area contributed by atoms with Crippen molar-refractivity contribution < 1.29 is 9.13 Å². The van der Waals surface area contributed by atoms with Crippen molar-refractivity contribution in [3.05, 3.63) is 77.9 Å². The van der Waals surface area contributed by atoms with E-state index >= 15 is 0 Å². The van der Waals surface area contributed by atoms with Crippen LogP contribution in [0.5, 0.6) is 0 Å². The molecule has 3 rings (SSSR count). The maximum absolute atomic E-state index is 12.4. The second kappa shape index (κ2) is 13.3. The number of aromatic nitrogens is 1. The molecule has 0 N–H and O–H groups in total. The highest BCUT2D eigenvalue weighted by atomic mass is 19.1. The van der Waals surface area contributed by atoms with Crippen LogP contribution in [0, 0.1) is 0 Å². The first kappa shape index (κ1) is 23.5. The van der Waals surface area contributed by atoms with Crippen LogP contribution in [0.3, 0.4) is 0 Å².